The van der Waals surface area contributed by atoms with E-state index in [1.807, 2.05) is 43.3 Å². The van der Waals surface area contributed by atoms with Gasteiger partial charge in [0, 0.05) is 18.2 Å². The summed E-state index contributed by atoms with van der Waals surface area (Å²) in [6, 6.07) is 18.1. The molecule has 37 heavy (non-hydrogen) atoms. The Kier molecular flexibility index (Phi) is 7.48. The highest BCUT2D eigenvalue weighted by Gasteiger charge is 2.29. The molecule has 0 N–H and O–H groups in total. The number of aromatic nitrogens is 2. The van der Waals surface area contributed by atoms with Crippen molar-refractivity contribution >= 4 is 17.5 Å². The highest BCUT2D eigenvalue weighted by atomic mass is 35.5. The molecular formula is C28H28ClN3O5. The summed E-state index contributed by atoms with van der Waals surface area (Å²) in [6.07, 6.45) is 3.33. The van der Waals surface area contributed by atoms with Gasteiger partial charge in [0.25, 0.3) is 5.91 Å². The molecule has 1 saturated heterocycles. The lowest BCUT2D eigenvalue weighted by Crippen LogP contribution is -2.37. The van der Waals surface area contributed by atoms with E-state index in [9.17, 15) is 4.79 Å². The molecule has 5 rings (SSSR count). The fourth-order valence-corrected chi connectivity index (χ4v) is 4.52. The number of carbonyl (C=O) groups excluding carboxylic acids is 1. The summed E-state index contributed by atoms with van der Waals surface area (Å²) >= 11 is 6.14. The van der Waals surface area contributed by atoms with Crippen molar-refractivity contribution in [1.29, 1.82) is 0 Å². The van der Waals surface area contributed by atoms with Crippen LogP contribution in [-0.2, 0) is 11.3 Å². The topological polar surface area (TPSA) is 79.0 Å². The smallest absolute Gasteiger partial charge is 0.289 e. The van der Waals surface area contributed by atoms with Gasteiger partial charge < -0.3 is 23.5 Å². The molecule has 1 amide bonds. The van der Waals surface area contributed by atoms with Crippen LogP contribution in [0.5, 0.6) is 17.4 Å². The highest BCUT2D eigenvalue weighted by molar-refractivity contribution is 6.30. The molecule has 0 aliphatic carbocycles. The third kappa shape index (κ3) is 5.50. The third-order valence-electron chi connectivity index (χ3n) is 6.30. The van der Waals surface area contributed by atoms with E-state index in [-0.39, 0.29) is 24.3 Å². The van der Waals surface area contributed by atoms with Gasteiger partial charge in [0.1, 0.15) is 0 Å². The predicted octanol–water partition coefficient (Wildman–Crippen LogP) is 6.05. The summed E-state index contributed by atoms with van der Waals surface area (Å²) in [6.45, 7) is 3.28. The second-order valence-electron chi connectivity index (χ2n) is 8.81. The molecule has 2 aromatic heterocycles. The normalized spacial score (nSPS) is 15.1. The number of rotatable bonds is 9. The van der Waals surface area contributed by atoms with Gasteiger partial charge in [-0.05, 0) is 68.3 Å². The lowest BCUT2D eigenvalue weighted by molar-refractivity contribution is 0.0482. The van der Waals surface area contributed by atoms with Gasteiger partial charge in [0.2, 0.25) is 5.88 Å². The third-order valence-corrected chi connectivity index (χ3v) is 6.55. The minimum absolute atomic E-state index is 0.0379. The molecule has 0 saturated carbocycles. The number of amides is 1. The first-order valence-corrected chi connectivity index (χ1v) is 12.5. The lowest BCUT2D eigenvalue weighted by atomic mass is 10.1. The Morgan fingerprint density at radius 3 is 2.59 bits per heavy atom. The summed E-state index contributed by atoms with van der Waals surface area (Å²) in [5, 5.41) is 5.40. The summed E-state index contributed by atoms with van der Waals surface area (Å²) in [5.74, 6) is 1.64. The van der Waals surface area contributed by atoms with Gasteiger partial charge in [-0.2, -0.15) is 5.10 Å². The van der Waals surface area contributed by atoms with Gasteiger partial charge in [-0.15, -0.1) is 0 Å². The SMILES string of the molecule is COc1ccccc1Oc1c(CN(CC2CCCO2)C(=O)c2ccco2)c(C)nn1-c1ccc(Cl)cc1. The summed E-state index contributed by atoms with van der Waals surface area (Å²) in [4.78, 5) is 15.2. The maximum absolute atomic E-state index is 13.5. The number of ether oxygens (including phenoxy) is 3. The van der Waals surface area contributed by atoms with E-state index in [1.54, 1.807) is 41.0 Å². The van der Waals surface area contributed by atoms with Crippen molar-refractivity contribution in [2.24, 2.45) is 0 Å². The summed E-state index contributed by atoms with van der Waals surface area (Å²) in [7, 11) is 1.59. The zero-order chi connectivity index (χ0) is 25.8. The van der Waals surface area contributed by atoms with Gasteiger partial charge in [-0.1, -0.05) is 23.7 Å². The predicted molar refractivity (Wildman–Crippen MR) is 139 cm³/mol. The van der Waals surface area contributed by atoms with Crippen molar-refractivity contribution in [3.05, 3.63) is 89.0 Å². The van der Waals surface area contributed by atoms with Crippen molar-refractivity contribution in [3.63, 3.8) is 0 Å². The molecule has 0 radical (unpaired) electrons. The standard InChI is InChI=1S/C28H28ClN3O5/c1-19-23(18-31(17-22-7-5-15-35-22)27(33)26-10-6-16-36-26)28(37-25-9-4-3-8-24(25)34-2)32(30-19)21-13-11-20(29)12-14-21/h3-4,6,8-14,16,22H,5,7,15,17-18H2,1-2H3. The Balaban J connectivity index is 1.56. The number of benzene rings is 2. The van der Waals surface area contributed by atoms with E-state index >= 15 is 0 Å². The average molecular weight is 522 g/mol. The summed E-state index contributed by atoms with van der Waals surface area (Å²) < 4.78 is 25.0. The first-order chi connectivity index (χ1) is 18.0. The highest BCUT2D eigenvalue weighted by Crippen LogP contribution is 2.36. The maximum Gasteiger partial charge on any atom is 0.289 e. The second kappa shape index (κ2) is 11.1. The van der Waals surface area contributed by atoms with E-state index in [4.69, 9.17) is 35.3 Å². The lowest BCUT2D eigenvalue weighted by Gasteiger charge is -2.25. The van der Waals surface area contributed by atoms with Crippen LogP contribution in [0.1, 0.15) is 34.7 Å². The molecule has 1 atom stereocenters. The van der Waals surface area contributed by atoms with Crippen molar-refractivity contribution in [2.75, 3.05) is 20.3 Å². The Morgan fingerprint density at radius 1 is 1.14 bits per heavy atom. The number of aryl methyl sites for hydroxylation is 1. The summed E-state index contributed by atoms with van der Waals surface area (Å²) in [5.41, 5.74) is 2.26. The van der Waals surface area contributed by atoms with Crippen LogP contribution in [0.15, 0.2) is 71.3 Å². The number of methoxy groups -OCH3 is 1. The zero-order valence-electron chi connectivity index (χ0n) is 20.7. The van der Waals surface area contributed by atoms with Gasteiger partial charge in [-0.3, -0.25) is 4.79 Å². The van der Waals surface area contributed by atoms with Gasteiger partial charge in [0.05, 0.1) is 43.0 Å². The number of halogens is 1. The number of nitrogens with zero attached hydrogens (tertiary/aromatic N) is 3. The molecule has 1 unspecified atom stereocenters. The number of furan rings is 1. The van der Waals surface area contributed by atoms with E-state index < -0.39 is 0 Å². The fraction of sp³-hybridized carbons (Fsp3) is 0.286. The molecule has 192 valence electrons. The Morgan fingerprint density at radius 2 is 1.92 bits per heavy atom. The molecule has 3 heterocycles. The monoisotopic (exact) mass is 521 g/mol. The van der Waals surface area contributed by atoms with Crippen molar-refractivity contribution in [1.82, 2.24) is 14.7 Å². The Hall–Kier alpha value is -3.75. The Labute approximate surface area is 220 Å². The van der Waals surface area contributed by atoms with Crippen molar-refractivity contribution in [3.8, 4) is 23.1 Å². The molecule has 1 aliphatic heterocycles. The molecule has 4 aromatic rings. The molecule has 2 aromatic carbocycles. The van der Waals surface area contributed by atoms with Crippen molar-refractivity contribution in [2.45, 2.75) is 32.4 Å². The van der Waals surface area contributed by atoms with Gasteiger partial charge in [0.15, 0.2) is 17.3 Å². The van der Waals surface area contributed by atoms with Crippen LogP contribution in [-0.4, -0.2) is 47.0 Å². The molecule has 1 aliphatic rings. The first kappa shape index (κ1) is 24.9. The molecule has 0 spiro atoms. The van der Waals surface area contributed by atoms with Crippen LogP contribution < -0.4 is 9.47 Å². The molecule has 9 heteroatoms. The van der Waals surface area contributed by atoms with Crippen LogP contribution in [0.2, 0.25) is 5.02 Å². The van der Waals surface area contributed by atoms with E-state index in [2.05, 4.69) is 0 Å². The van der Waals surface area contributed by atoms with Crippen LogP contribution in [0, 0.1) is 6.92 Å². The number of para-hydroxylation sites is 2. The maximum atomic E-state index is 13.5. The molecule has 8 nitrogen and oxygen atoms in total. The Bertz CT molecular complexity index is 1340. The average Bonchev–Trinajstić information content (AvgIpc) is 3.68. The number of hydrogen-bond donors (Lipinski definition) is 0. The van der Waals surface area contributed by atoms with Gasteiger partial charge in [-0.25, -0.2) is 4.68 Å². The molecule has 0 bridgehead atoms. The van der Waals surface area contributed by atoms with Gasteiger partial charge >= 0.3 is 0 Å². The van der Waals surface area contributed by atoms with E-state index in [0.29, 0.717) is 35.6 Å². The van der Waals surface area contributed by atoms with Crippen LogP contribution in [0.25, 0.3) is 5.69 Å². The number of carbonyl (C=O) groups is 1. The first-order valence-electron chi connectivity index (χ1n) is 12.1. The zero-order valence-corrected chi connectivity index (χ0v) is 21.5. The minimum atomic E-state index is -0.220. The quantitative estimate of drug-likeness (QED) is 0.267. The van der Waals surface area contributed by atoms with Crippen LogP contribution in [0.3, 0.4) is 0 Å². The largest absolute Gasteiger partial charge is 0.493 e. The molecule has 1 fully saturated rings. The fourth-order valence-electron chi connectivity index (χ4n) is 4.39. The second-order valence-corrected chi connectivity index (χ2v) is 9.24. The van der Waals surface area contributed by atoms with E-state index in [1.165, 1.54) is 6.26 Å². The van der Waals surface area contributed by atoms with Crippen molar-refractivity contribution < 1.29 is 23.4 Å². The molecular weight excluding hydrogens is 494 g/mol. The number of hydrogen-bond acceptors (Lipinski definition) is 6. The van der Waals surface area contributed by atoms with Crippen LogP contribution in [0.4, 0.5) is 0 Å². The van der Waals surface area contributed by atoms with Crippen LogP contribution >= 0.6 is 11.6 Å². The van der Waals surface area contributed by atoms with E-state index in [0.717, 1.165) is 29.8 Å². The minimum Gasteiger partial charge on any atom is -0.493 e.